The molecule has 6 nitrogen and oxygen atoms in total. The normalized spacial score (nSPS) is 21.0. The number of piperazine rings is 1. The number of aromatic nitrogens is 2. The summed E-state index contributed by atoms with van der Waals surface area (Å²) < 4.78 is 2.33. The second kappa shape index (κ2) is 5.44. The molecule has 1 aromatic heterocycles. The van der Waals surface area contributed by atoms with Gasteiger partial charge in [0.15, 0.2) is 0 Å². The first-order valence-corrected chi connectivity index (χ1v) is 8.41. The Morgan fingerprint density at radius 1 is 1.35 bits per heavy atom. The van der Waals surface area contributed by atoms with Crippen LogP contribution >= 0.6 is 0 Å². The summed E-state index contributed by atoms with van der Waals surface area (Å²) in [7, 11) is 0. The summed E-state index contributed by atoms with van der Waals surface area (Å²) in [6.45, 7) is 5.03. The number of anilines is 1. The molecule has 0 saturated carbocycles. The molecule has 2 aliphatic rings. The molecule has 1 atom stereocenters. The summed E-state index contributed by atoms with van der Waals surface area (Å²) in [5.74, 6) is 1.01. The van der Waals surface area contributed by atoms with Crippen molar-refractivity contribution in [2.24, 2.45) is 0 Å². The van der Waals surface area contributed by atoms with Crippen LogP contribution in [0.25, 0.3) is 11.0 Å². The fourth-order valence-electron chi connectivity index (χ4n) is 3.97. The van der Waals surface area contributed by atoms with Crippen LogP contribution in [-0.4, -0.2) is 51.3 Å². The fourth-order valence-corrected chi connectivity index (χ4v) is 3.97. The first-order chi connectivity index (χ1) is 11.2. The number of imidazole rings is 1. The Hall–Kier alpha value is -2.24. The van der Waals surface area contributed by atoms with Gasteiger partial charge in [-0.15, -0.1) is 0 Å². The van der Waals surface area contributed by atoms with E-state index >= 15 is 0 Å². The Balaban J connectivity index is 1.71. The lowest BCUT2D eigenvalue weighted by Gasteiger charge is -2.40. The average molecular weight is 314 g/mol. The van der Waals surface area contributed by atoms with Crippen LogP contribution in [0.2, 0.25) is 0 Å². The van der Waals surface area contributed by atoms with Crippen molar-refractivity contribution in [3.8, 4) is 0 Å². The van der Waals surface area contributed by atoms with Gasteiger partial charge in [0.1, 0.15) is 0 Å². The number of carbonyl (C=O) groups is 1. The zero-order valence-electron chi connectivity index (χ0n) is 13.4. The molecule has 1 unspecified atom stereocenters. The number of hydrogen-bond donors (Lipinski definition) is 1. The van der Waals surface area contributed by atoms with Gasteiger partial charge in [0, 0.05) is 26.2 Å². The average Bonchev–Trinajstić information content (AvgIpc) is 2.95. The predicted octanol–water partition coefficient (Wildman–Crippen LogP) is 2.56. The molecule has 2 aliphatic heterocycles. The van der Waals surface area contributed by atoms with E-state index in [0.29, 0.717) is 13.1 Å². The molecule has 1 amide bonds. The molecule has 0 radical (unpaired) electrons. The minimum absolute atomic E-state index is 0.0388. The zero-order valence-corrected chi connectivity index (χ0v) is 13.4. The van der Waals surface area contributed by atoms with Gasteiger partial charge >= 0.3 is 6.09 Å². The number of hydrogen-bond acceptors (Lipinski definition) is 3. The Kier molecular flexibility index (Phi) is 3.39. The van der Waals surface area contributed by atoms with E-state index < -0.39 is 6.09 Å². The van der Waals surface area contributed by atoms with E-state index in [1.807, 2.05) is 6.92 Å². The van der Waals surface area contributed by atoms with Crippen molar-refractivity contribution in [3.05, 3.63) is 23.8 Å². The van der Waals surface area contributed by atoms with Gasteiger partial charge in [-0.3, -0.25) is 0 Å². The minimum Gasteiger partial charge on any atom is -0.465 e. The lowest BCUT2D eigenvalue weighted by atomic mass is 10.0. The molecule has 0 bridgehead atoms. The molecule has 122 valence electrons. The molecule has 6 heteroatoms. The number of aryl methyl sites for hydroxylation is 2. The second-order valence-corrected chi connectivity index (χ2v) is 6.44. The molecule has 0 spiro atoms. The highest BCUT2D eigenvalue weighted by molar-refractivity contribution is 5.83. The molecule has 0 aliphatic carbocycles. The molecular formula is C17H22N4O2. The molecule has 1 saturated heterocycles. The summed E-state index contributed by atoms with van der Waals surface area (Å²) in [5.41, 5.74) is 3.71. The van der Waals surface area contributed by atoms with Crippen LogP contribution in [-0.2, 0) is 13.0 Å². The van der Waals surface area contributed by atoms with Gasteiger partial charge in [0.2, 0.25) is 5.95 Å². The summed E-state index contributed by atoms with van der Waals surface area (Å²) in [6, 6.07) is 6.40. The van der Waals surface area contributed by atoms with E-state index in [-0.39, 0.29) is 6.04 Å². The number of rotatable bonds is 2. The monoisotopic (exact) mass is 314 g/mol. The van der Waals surface area contributed by atoms with Crippen LogP contribution in [0.1, 0.15) is 25.3 Å². The number of para-hydroxylation sites is 1. The molecule has 23 heavy (non-hydrogen) atoms. The number of amides is 1. The van der Waals surface area contributed by atoms with Gasteiger partial charge in [0.25, 0.3) is 0 Å². The lowest BCUT2D eigenvalue weighted by molar-refractivity contribution is 0.116. The van der Waals surface area contributed by atoms with E-state index in [2.05, 4.69) is 27.7 Å². The molecule has 2 aromatic rings. The van der Waals surface area contributed by atoms with Crippen LogP contribution in [0.4, 0.5) is 10.7 Å². The molecule has 1 aromatic carbocycles. The van der Waals surface area contributed by atoms with E-state index in [1.165, 1.54) is 11.1 Å². The molecular weight excluding hydrogens is 292 g/mol. The number of benzene rings is 1. The van der Waals surface area contributed by atoms with Crippen molar-refractivity contribution in [1.29, 1.82) is 0 Å². The van der Waals surface area contributed by atoms with Crippen LogP contribution < -0.4 is 4.90 Å². The van der Waals surface area contributed by atoms with Crippen LogP contribution in [0.3, 0.4) is 0 Å². The standard InChI is InChI=1S/C17H22N4O2/c1-2-13-11-19(9-10-20(13)17(22)23)16-18-14-7-3-5-12-6-4-8-21(16)15(12)14/h3,5,7,13H,2,4,6,8-11H2,1H3,(H,22,23). The van der Waals surface area contributed by atoms with Crippen molar-refractivity contribution in [2.45, 2.75) is 38.8 Å². The smallest absolute Gasteiger partial charge is 0.407 e. The van der Waals surface area contributed by atoms with E-state index in [0.717, 1.165) is 43.8 Å². The van der Waals surface area contributed by atoms with E-state index in [4.69, 9.17) is 4.98 Å². The van der Waals surface area contributed by atoms with E-state index in [1.54, 1.807) is 4.90 Å². The summed E-state index contributed by atoms with van der Waals surface area (Å²) in [6.07, 6.45) is 2.27. The fraction of sp³-hybridized carbons (Fsp3) is 0.529. The Morgan fingerprint density at radius 2 is 2.22 bits per heavy atom. The van der Waals surface area contributed by atoms with Crippen LogP contribution in [0.5, 0.6) is 0 Å². The third kappa shape index (κ3) is 2.24. The third-order valence-electron chi connectivity index (χ3n) is 5.14. The Morgan fingerprint density at radius 3 is 3.00 bits per heavy atom. The Labute approximate surface area is 135 Å². The predicted molar refractivity (Wildman–Crippen MR) is 89.1 cm³/mol. The van der Waals surface area contributed by atoms with Crippen LogP contribution in [0.15, 0.2) is 18.2 Å². The van der Waals surface area contributed by atoms with Gasteiger partial charge in [-0.25, -0.2) is 9.78 Å². The highest BCUT2D eigenvalue weighted by Crippen LogP contribution is 2.31. The maximum Gasteiger partial charge on any atom is 0.407 e. The molecule has 1 N–H and O–H groups in total. The van der Waals surface area contributed by atoms with E-state index in [9.17, 15) is 9.90 Å². The minimum atomic E-state index is -0.812. The van der Waals surface area contributed by atoms with Gasteiger partial charge < -0.3 is 19.5 Å². The SMILES string of the molecule is CCC1CN(c2nc3cccc4c3n2CCC4)CCN1C(=O)O. The zero-order chi connectivity index (χ0) is 16.0. The highest BCUT2D eigenvalue weighted by atomic mass is 16.4. The Bertz CT molecular complexity index is 754. The lowest BCUT2D eigenvalue weighted by Crippen LogP contribution is -2.55. The first-order valence-electron chi connectivity index (χ1n) is 8.41. The van der Waals surface area contributed by atoms with Crippen molar-refractivity contribution >= 4 is 23.1 Å². The summed E-state index contributed by atoms with van der Waals surface area (Å²) >= 11 is 0. The van der Waals surface area contributed by atoms with Gasteiger partial charge in [-0.1, -0.05) is 19.1 Å². The third-order valence-corrected chi connectivity index (χ3v) is 5.14. The van der Waals surface area contributed by atoms with Gasteiger partial charge in [0.05, 0.1) is 17.1 Å². The first kappa shape index (κ1) is 14.4. The second-order valence-electron chi connectivity index (χ2n) is 6.44. The van der Waals surface area contributed by atoms with Crippen molar-refractivity contribution in [1.82, 2.24) is 14.5 Å². The van der Waals surface area contributed by atoms with Gasteiger partial charge in [-0.05, 0) is 30.9 Å². The van der Waals surface area contributed by atoms with Crippen molar-refractivity contribution in [3.63, 3.8) is 0 Å². The molecule has 1 fully saturated rings. The molecule has 4 rings (SSSR count). The topological polar surface area (TPSA) is 61.6 Å². The van der Waals surface area contributed by atoms with Crippen LogP contribution in [0, 0.1) is 0 Å². The maximum atomic E-state index is 11.4. The van der Waals surface area contributed by atoms with Crippen molar-refractivity contribution < 1.29 is 9.90 Å². The summed E-state index contributed by atoms with van der Waals surface area (Å²) in [5, 5.41) is 9.34. The van der Waals surface area contributed by atoms with Gasteiger partial charge in [-0.2, -0.15) is 0 Å². The molecule has 3 heterocycles. The van der Waals surface area contributed by atoms with Crippen molar-refractivity contribution in [2.75, 3.05) is 24.5 Å². The number of nitrogens with zero attached hydrogens (tertiary/aromatic N) is 4. The summed E-state index contributed by atoms with van der Waals surface area (Å²) in [4.78, 5) is 20.1. The quantitative estimate of drug-likeness (QED) is 0.925. The highest BCUT2D eigenvalue weighted by Gasteiger charge is 2.32. The maximum absolute atomic E-state index is 11.4. The largest absolute Gasteiger partial charge is 0.465 e. The number of carboxylic acid groups (broad SMARTS) is 1.